The summed E-state index contributed by atoms with van der Waals surface area (Å²) in [6, 6.07) is 23.1. The second-order valence-electron chi connectivity index (χ2n) is 7.30. The summed E-state index contributed by atoms with van der Waals surface area (Å²) in [5.41, 5.74) is 4.68. The SMILES string of the molecule is Cc1ccc(-c2nn(-c3ccccc3)cc2C(=O)OCc2ccc3c(c2)OCO3)cc1. The maximum Gasteiger partial charge on any atom is 0.342 e. The van der Waals surface area contributed by atoms with Gasteiger partial charge in [0, 0.05) is 11.8 Å². The predicted octanol–water partition coefficient (Wildman–Crippen LogP) is 4.93. The molecule has 0 N–H and O–H groups in total. The Morgan fingerprint density at radius 1 is 1.00 bits per heavy atom. The van der Waals surface area contributed by atoms with Gasteiger partial charge in [0.15, 0.2) is 11.5 Å². The Morgan fingerprint density at radius 3 is 2.58 bits per heavy atom. The monoisotopic (exact) mass is 412 g/mol. The van der Waals surface area contributed by atoms with Crippen molar-refractivity contribution >= 4 is 5.97 Å². The molecule has 0 radical (unpaired) electrons. The molecule has 6 nitrogen and oxygen atoms in total. The van der Waals surface area contributed by atoms with E-state index in [2.05, 4.69) is 5.10 Å². The van der Waals surface area contributed by atoms with Gasteiger partial charge in [0.2, 0.25) is 6.79 Å². The van der Waals surface area contributed by atoms with Crippen molar-refractivity contribution in [3.05, 3.63) is 95.7 Å². The van der Waals surface area contributed by atoms with Gasteiger partial charge < -0.3 is 14.2 Å². The van der Waals surface area contributed by atoms with Crippen LogP contribution in [0.2, 0.25) is 0 Å². The van der Waals surface area contributed by atoms with Crippen LogP contribution in [0.4, 0.5) is 0 Å². The number of carbonyl (C=O) groups is 1. The molecule has 5 rings (SSSR count). The molecular formula is C25H20N2O4. The molecule has 154 valence electrons. The minimum atomic E-state index is -0.435. The molecule has 0 bridgehead atoms. The second-order valence-corrected chi connectivity index (χ2v) is 7.30. The molecule has 31 heavy (non-hydrogen) atoms. The van der Waals surface area contributed by atoms with Gasteiger partial charge in [-0.15, -0.1) is 0 Å². The third-order valence-corrected chi connectivity index (χ3v) is 5.09. The van der Waals surface area contributed by atoms with Crippen molar-refractivity contribution in [3.63, 3.8) is 0 Å². The first-order valence-corrected chi connectivity index (χ1v) is 9.95. The summed E-state index contributed by atoms with van der Waals surface area (Å²) in [5.74, 6) is 0.919. The maximum atomic E-state index is 13.0. The second kappa shape index (κ2) is 7.99. The van der Waals surface area contributed by atoms with Gasteiger partial charge >= 0.3 is 5.97 Å². The largest absolute Gasteiger partial charge is 0.457 e. The molecule has 1 aliphatic rings. The molecule has 0 amide bonds. The van der Waals surface area contributed by atoms with Gasteiger partial charge in [-0.25, -0.2) is 9.48 Å². The predicted molar refractivity (Wildman–Crippen MR) is 115 cm³/mol. The first-order valence-electron chi connectivity index (χ1n) is 9.95. The van der Waals surface area contributed by atoms with Gasteiger partial charge in [-0.3, -0.25) is 0 Å². The number of nitrogens with zero attached hydrogens (tertiary/aromatic N) is 2. The third-order valence-electron chi connectivity index (χ3n) is 5.09. The minimum Gasteiger partial charge on any atom is -0.457 e. The van der Waals surface area contributed by atoms with E-state index in [1.54, 1.807) is 10.9 Å². The molecule has 0 unspecified atom stereocenters. The van der Waals surface area contributed by atoms with E-state index in [1.165, 1.54) is 0 Å². The number of esters is 1. The molecule has 1 aliphatic heterocycles. The van der Waals surface area contributed by atoms with Gasteiger partial charge in [-0.05, 0) is 36.8 Å². The van der Waals surface area contributed by atoms with E-state index >= 15 is 0 Å². The molecule has 1 aromatic heterocycles. The van der Waals surface area contributed by atoms with Gasteiger partial charge in [0.25, 0.3) is 0 Å². The van der Waals surface area contributed by atoms with Gasteiger partial charge in [-0.1, -0.05) is 54.1 Å². The third kappa shape index (κ3) is 3.88. The van der Waals surface area contributed by atoms with Crippen LogP contribution in [0.5, 0.6) is 11.5 Å². The van der Waals surface area contributed by atoms with Crippen molar-refractivity contribution in [3.8, 4) is 28.4 Å². The number of benzene rings is 3. The fourth-order valence-corrected chi connectivity index (χ4v) is 3.42. The summed E-state index contributed by atoms with van der Waals surface area (Å²) < 4.78 is 18.0. The number of aryl methyl sites for hydroxylation is 1. The van der Waals surface area contributed by atoms with E-state index in [-0.39, 0.29) is 13.4 Å². The minimum absolute atomic E-state index is 0.124. The van der Waals surface area contributed by atoms with E-state index in [0.717, 1.165) is 22.4 Å². The van der Waals surface area contributed by atoms with Crippen LogP contribution >= 0.6 is 0 Å². The quantitative estimate of drug-likeness (QED) is 0.435. The lowest BCUT2D eigenvalue weighted by molar-refractivity contribution is 0.0473. The van der Waals surface area contributed by atoms with Gasteiger partial charge in [0.05, 0.1) is 5.69 Å². The summed E-state index contributed by atoms with van der Waals surface area (Å²) >= 11 is 0. The molecule has 0 atom stereocenters. The fraction of sp³-hybridized carbons (Fsp3) is 0.120. The van der Waals surface area contributed by atoms with Crippen molar-refractivity contribution in [2.75, 3.05) is 6.79 Å². The fourth-order valence-electron chi connectivity index (χ4n) is 3.42. The zero-order valence-electron chi connectivity index (χ0n) is 16.9. The van der Waals surface area contributed by atoms with E-state index in [4.69, 9.17) is 14.2 Å². The number of aromatic nitrogens is 2. The van der Waals surface area contributed by atoms with E-state index in [9.17, 15) is 4.79 Å². The zero-order chi connectivity index (χ0) is 21.2. The summed E-state index contributed by atoms with van der Waals surface area (Å²) in [5, 5.41) is 4.68. The van der Waals surface area contributed by atoms with Crippen LogP contribution in [0.3, 0.4) is 0 Å². The maximum absolute atomic E-state index is 13.0. The lowest BCUT2D eigenvalue weighted by atomic mass is 10.1. The van der Waals surface area contributed by atoms with Crippen LogP contribution in [0.15, 0.2) is 79.0 Å². The van der Waals surface area contributed by atoms with Crippen LogP contribution in [-0.4, -0.2) is 22.5 Å². The molecule has 6 heteroatoms. The van der Waals surface area contributed by atoms with E-state index in [0.29, 0.717) is 22.8 Å². The number of hydrogen-bond donors (Lipinski definition) is 0. The summed E-state index contributed by atoms with van der Waals surface area (Å²) in [4.78, 5) is 13.0. The van der Waals surface area contributed by atoms with Crippen molar-refractivity contribution in [1.29, 1.82) is 0 Å². The van der Waals surface area contributed by atoms with Crippen molar-refractivity contribution in [2.45, 2.75) is 13.5 Å². The standard InChI is InChI=1S/C25H20N2O4/c1-17-7-10-19(11-8-17)24-21(14-27(26-24)20-5-3-2-4-6-20)25(28)29-15-18-9-12-22-23(13-18)31-16-30-22/h2-14H,15-16H2,1H3. The molecule has 0 fully saturated rings. The molecule has 0 saturated heterocycles. The van der Waals surface area contributed by atoms with Crippen LogP contribution < -0.4 is 9.47 Å². The Bertz CT molecular complexity index is 1230. The smallest absolute Gasteiger partial charge is 0.342 e. The highest BCUT2D eigenvalue weighted by atomic mass is 16.7. The number of rotatable bonds is 5. The highest BCUT2D eigenvalue weighted by Crippen LogP contribution is 2.33. The lowest BCUT2D eigenvalue weighted by Gasteiger charge is -2.06. The first-order chi connectivity index (χ1) is 15.2. The van der Waals surface area contributed by atoms with Crippen LogP contribution in [0, 0.1) is 6.92 Å². The summed E-state index contributed by atoms with van der Waals surface area (Å²) in [6.45, 7) is 2.35. The zero-order valence-corrected chi connectivity index (χ0v) is 16.9. The van der Waals surface area contributed by atoms with E-state index in [1.807, 2.05) is 79.7 Å². The Labute approximate surface area is 179 Å². The molecule has 2 heterocycles. The molecule has 0 aliphatic carbocycles. The van der Waals surface area contributed by atoms with Crippen LogP contribution in [0.25, 0.3) is 16.9 Å². The topological polar surface area (TPSA) is 62.6 Å². The van der Waals surface area contributed by atoms with Gasteiger partial charge in [0.1, 0.15) is 17.9 Å². The van der Waals surface area contributed by atoms with Crippen molar-refractivity contribution < 1.29 is 19.0 Å². The number of carbonyl (C=O) groups excluding carboxylic acids is 1. The summed E-state index contributed by atoms with van der Waals surface area (Å²) in [7, 11) is 0. The highest BCUT2D eigenvalue weighted by molar-refractivity contribution is 5.96. The molecular weight excluding hydrogens is 392 g/mol. The Kier molecular flexibility index (Phi) is 4.88. The Balaban J connectivity index is 1.44. The van der Waals surface area contributed by atoms with Crippen molar-refractivity contribution in [2.24, 2.45) is 0 Å². The highest BCUT2D eigenvalue weighted by Gasteiger charge is 2.21. The number of fused-ring (bicyclic) bond motifs is 1. The number of para-hydroxylation sites is 1. The first kappa shape index (κ1) is 18.9. The number of hydrogen-bond acceptors (Lipinski definition) is 5. The molecule has 0 spiro atoms. The average Bonchev–Trinajstić information content (AvgIpc) is 3.46. The summed E-state index contributed by atoms with van der Waals surface area (Å²) in [6.07, 6.45) is 1.71. The van der Waals surface area contributed by atoms with Crippen LogP contribution in [-0.2, 0) is 11.3 Å². The molecule has 3 aromatic carbocycles. The molecule has 0 saturated carbocycles. The van der Waals surface area contributed by atoms with Crippen molar-refractivity contribution in [1.82, 2.24) is 9.78 Å². The van der Waals surface area contributed by atoms with Crippen LogP contribution in [0.1, 0.15) is 21.5 Å². The Hall–Kier alpha value is -4.06. The Morgan fingerprint density at radius 2 is 1.77 bits per heavy atom. The lowest BCUT2D eigenvalue weighted by Crippen LogP contribution is -2.06. The van der Waals surface area contributed by atoms with E-state index < -0.39 is 5.97 Å². The number of ether oxygens (including phenoxy) is 3. The molecule has 4 aromatic rings. The average molecular weight is 412 g/mol. The van der Waals surface area contributed by atoms with Gasteiger partial charge in [-0.2, -0.15) is 5.10 Å². The normalized spacial score (nSPS) is 12.0.